The van der Waals surface area contributed by atoms with Crippen LogP contribution in [-0.2, 0) is 6.54 Å². The Balaban J connectivity index is 1.47. The second-order valence-electron chi connectivity index (χ2n) is 8.69. The topological polar surface area (TPSA) is 6.48 Å². The zero-order valence-corrected chi connectivity index (χ0v) is 19.2. The van der Waals surface area contributed by atoms with Gasteiger partial charge in [-0.2, -0.15) is 0 Å². The van der Waals surface area contributed by atoms with Crippen LogP contribution in [0.3, 0.4) is 0 Å². The largest absolute Gasteiger partial charge is 0.306 e. The van der Waals surface area contributed by atoms with E-state index >= 15 is 0 Å². The minimum atomic E-state index is 0.683. The number of aryl methyl sites for hydroxylation is 1. The van der Waals surface area contributed by atoms with Crippen molar-refractivity contribution >= 4 is 27.5 Å². The predicted octanol–water partition coefficient (Wildman–Crippen LogP) is 6.25. The van der Waals surface area contributed by atoms with Crippen LogP contribution in [0.4, 0.5) is 0 Å². The maximum Gasteiger partial charge on any atom is 0.0551 e. The predicted molar refractivity (Wildman–Crippen MR) is 122 cm³/mol. The molecular weight excluding hydrogens is 432 g/mol. The molecule has 0 unspecified atom stereocenters. The molecule has 4 heteroatoms. The second-order valence-corrected chi connectivity index (χ2v) is 9.95. The number of piperidine rings is 1. The molecule has 2 aromatic rings. The van der Waals surface area contributed by atoms with Crippen LogP contribution in [0.1, 0.15) is 48.3 Å². The lowest BCUT2D eigenvalue weighted by molar-refractivity contribution is 0.0288. The fourth-order valence-electron chi connectivity index (χ4n) is 4.70. The van der Waals surface area contributed by atoms with Gasteiger partial charge in [-0.1, -0.05) is 47.5 Å². The summed E-state index contributed by atoms with van der Waals surface area (Å²) in [6, 6.07) is 16.9. The number of hydrogen-bond donors (Lipinski definition) is 0. The average Bonchev–Trinajstić information content (AvgIpc) is 2.65. The molecule has 2 aromatic carbocycles. The first-order valence-corrected chi connectivity index (χ1v) is 11.6. The number of benzene rings is 2. The molecule has 2 nitrogen and oxygen atoms in total. The Hall–Kier alpha value is -0.870. The van der Waals surface area contributed by atoms with Crippen LogP contribution in [0.25, 0.3) is 0 Å². The third-order valence-electron chi connectivity index (χ3n) is 6.64. The van der Waals surface area contributed by atoms with Gasteiger partial charge in [-0.05, 0) is 97.9 Å². The van der Waals surface area contributed by atoms with Gasteiger partial charge in [-0.3, -0.25) is 4.90 Å². The highest BCUT2D eigenvalue weighted by atomic mass is 79.9. The van der Waals surface area contributed by atoms with Crippen molar-refractivity contribution in [2.75, 3.05) is 20.1 Å². The lowest BCUT2D eigenvalue weighted by Gasteiger charge is -2.48. The summed E-state index contributed by atoms with van der Waals surface area (Å²) >= 11 is 9.89. The van der Waals surface area contributed by atoms with Gasteiger partial charge in [-0.25, -0.2) is 0 Å². The van der Waals surface area contributed by atoms with Crippen LogP contribution in [0, 0.1) is 6.92 Å². The normalized spacial score (nSPS) is 23.8. The smallest absolute Gasteiger partial charge is 0.0551 e. The van der Waals surface area contributed by atoms with E-state index in [0.29, 0.717) is 18.0 Å². The van der Waals surface area contributed by atoms with E-state index in [-0.39, 0.29) is 0 Å². The second kappa shape index (κ2) is 8.87. The molecule has 28 heavy (non-hydrogen) atoms. The molecule has 1 heterocycles. The summed E-state index contributed by atoms with van der Waals surface area (Å²) in [5.74, 6) is 0.716. The van der Waals surface area contributed by atoms with Gasteiger partial charge in [0.1, 0.15) is 0 Å². The molecule has 1 aliphatic carbocycles. The molecule has 1 saturated carbocycles. The molecule has 2 aliphatic rings. The molecule has 150 valence electrons. The van der Waals surface area contributed by atoms with Crippen LogP contribution in [0.2, 0.25) is 5.02 Å². The van der Waals surface area contributed by atoms with Gasteiger partial charge in [-0.15, -0.1) is 0 Å². The quantitative estimate of drug-likeness (QED) is 0.519. The summed E-state index contributed by atoms with van der Waals surface area (Å²) in [5, 5.41) is 0.812. The first kappa shape index (κ1) is 20.4. The Kier molecular flexibility index (Phi) is 6.46. The fraction of sp³-hybridized carbons (Fsp3) is 0.500. The van der Waals surface area contributed by atoms with Crippen LogP contribution >= 0.6 is 27.5 Å². The van der Waals surface area contributed by atoms with Gasteiger partial charge in [0.05, 0.1) is 5.02 Å². The fourth-order valence-corrected chi connectivity index (χ4v) is 5.15. The number of nitrogens with zero attached hydrogens (tertiary/aromatic N) is 2. The molecule has 1 saturated heterocycles. The molecule has 0 N–H and O–H groups in total. The zero-order valence-electron chi connectivity index (χ0n) is 16.9. The van der Waals surface area contributed by atoms with Crippen LogP contribution in [-0.4, -0.2) is 42.0 Å². The van der Waals surface area contributed by atoms with Crippen LogP contribution in [0.5, 0.6) is 0 Å². The number of hydrogen-bond acceptors (Lipinski definition) is 2. The molecule has 2 fully saturated rings. The zero-order chi connectivity index (χ0) is 19.7. The van der Waals surface area contributed by atoms with E-state index in [4.69, 9.17) is 11.6 Å². The molecule has 0 radical (unpaired) electrons. The van der Waals surface area contributed by atoms with Crippen molar-refractivity contribution in [1.29, 1.82) is 0 Å². The Morgan fingerprint density at radius 2 is 1.71 bits per heavy atom. The Labute approximate surface area is 183 Å². The van der Waals surface area contributed by atoms with Gasteiger partial charge in [0.2, 0.25) is 0 Å². The third kappa shape index (κ3) is 4.64. The molecule has 0 aromatic heterocycles. The van der Waals surface area contributed by atoms with E-state index in [1.807, 2.05) is 0 Å². The summed E-state index contributed by atoms with van der Waals surface area (Å²) in [6.07, 6.45) is 5.10. The average molecular weight is 462 g/mol. The molecule has 0 atom stereocenters. The highest BCUT2D eigenvalue weighted by Crippen LogP contribution is 2.42. The molecule has 1 aliphatic heterocycles. The third-order valence-corrected chi connectivity index (χ3v) is 7.87. The summed E-state index contributed by atoms with van der Waals surface area (Å²) in [7, 11) is 2.24. The van der Waals surface area contributed by atoms with E-state index in [9.17, 15) is 0 Å². The van der Waals surface area contributed by atoms with Crippen molar-refractivity contribution in [3.05, 3.63) is 68.7 Å². The number of rotatable bonds is 5. The monoisotopic (exact) mass is 460 g/mol. The van der Waals surface area contributed by atoms with E-state index in [0.717, 1.165) is 16.0 Å². The Bertz CT molecular complexity index is 793. The number of halogens is 2. The van der Waals surface area contributed by atoms with Crippen LogP contribution in [0.15, 0.2) is 46.9 Å². The van der Waals surface area contributed by atoms with Gasteiger partial charge >= 0.3 is 0 Å². The van der Waals surface area contributed by atoms with E-state index < -0.39 is 0 Å². The van der Waals surface area contributed by atoms with Gasteiger partial charge in [0.25, 0.3) is 0 Å². The summed E-state index contributed by atoms with van der Waals surface area (Å²) in [4.78, 5) is 5.25. The first-order chi connectivity index (χ1) is 13.5. The highest BCUT2D eigenvalue weighted by Gasteiger charge is 2.38. The first-order valence-electron chi connectivity index (χ1n) is 10.4. The van der Waals surface area contributed by atoms with Crippen molar-refractivity contribution in [1.82, 2.24) is 9.80 Å². The van der Waals surface area contributed by atoms with Crippen molar-refractivity contribution < 1.29 is 0 Å². The minimum Gasteiger partial charge on any atom is -0.306 e. The number of likely N-dealkylation sites (tertiary alicyclic amines) is 1. The van der Waals surface area contributed by atoms with Crippen molar-refractivity contribution in [2.45, 2.75) is 57.2 Å². The Morgan fingerprint density at radius 1 is 1.04 bits per heavy atom. The van der Waals surface area contributed by atoms with Gasteiger partial charge in [0.15, 0.2) is 0 Å². The minimum absolute atomic E-state index is 0.683. The maximum absolute atomic E-state index is 6.37. The molecule has 0 spiro atoms. The van der Waals surface area contributed by atoms with E-state index in [1.54, 1.807) is 0 Å². The molecule has 0 bridgehead atoms. The lowest BCUT2D eigenvalue weighted by atomic mass is 9.74. The van der Waals surface area contributed by atoms with Gasteiger partial charge < -0.3 is 4.90 Å². The molecular formula is C24H30BrClN2. The Morgan fingerprint density at radius 3 is 2.36 bits per heavy atom. The standard InChI is InChI=1S/C24H30BrClN2/c1-17-3-6-19(7-4-17)20-14-22(15-20)28(21-9-11-27(2)12-10-21)16-18-5-8-23(25)24(26)13-18/h3-8,13,20-22H,9-12,14-16H2,1-2H3. The van der Waals surface area contributed by atoms with Gasteiger partial charge in [0, 0.05) is 23.1 Å². The maximum atomic E-state index is 6.37. The summed E-state index contributed by atoms with van der Waals surface area (Å²) in [5.41, 5.74) is 4.18. The molecule has 4 rings (SSSR count). The lowest BCUT2D eigenvalue weighted by Crippen LogP contribution is -2.51. The summed E-state index contributed by atoms with van der Waals surface area (Å²) < 4.78 is 0.979. The van der Waals surface area contributed by atoms with E-state index in [2.05, 4.69) is 82.2 Å². The van der Waals surface area contributed by atoms with Crippen LogP contribution < -0.4 is 0 Å². The van der Waals surface area contributed by atoms with Crippen molar-refractivity contribution in [3.63, 3.8) is 0 Å². The molecule has 0 amide bonds. The van der Waals surface area contributed by atoms with E-state index in [1.165, 1.54) is 55.5 Å². The van der Waals surface area contributed by atoms with Crippen molar-refractivity contribution in [2.24, 2.45) is 0 Å². The summed E-state index contributed by atoms with van der Waals surface area (Å²) in [6.45, 7) is 5.58. The highest BCUT2D eigenvalue weighted by molar-refractivity contribution is 9.10. The SMILES string of the molecule is Cc1ccc(C2CC(N(Cc3ccc(Br)c(Cl)c3)C3CCN(C)CC3)C2)cc1. The van der Waals surface area contributed by atoms with Crippen molar-refractivity contribution in [3.8, 4) is 0 Å².